The van der Waals surface area contributed by atoms with Crippen LogP contribution in [0.4, 0.5) is 0 Å². The highest BCUT2D eigenvalue weighted by atomic mass is 79.9. The van der Waals surface area contributed by atoms with Crippen molar-refractivity contribution in [2.24, 2.45) is 23.2 Å². The number of rotatable bonds is 3. The molecule has 19 heavy (non-hydrogen) atoms. The van der Waals surface area contributed by atoms with Gasteiger partial charge in [-0.2, -0.15) is 0 Å². The Bertz CT molecular complexity index is 440. The highest BCUT2D eigenvalue weighted by Gasteiger charge is 2.51. The van der Waals surface area contributed by atoms with Gasteiger partial charge < -0.3 is 0 Å². The minimum absolute atomic E-state index is 0.599. The van der Waals surface area contributed by atoms with Crippen LogP contribution in [-0.4, -0.2) is 0 Å². The number of thiophene rings is 1. The van der Waals surface area contributed by atoms with Crippen LogP contribution in [0, 0.1) is 30.1 Å². The van der Waals surface area contributed by atoms with Gasteiger partial charge in [-0.3, -0.25) is 0 Å². The van der Waals surface area contributed by atoms with Gasteiger partial charge in [0.15, 0.2) is 0 Å². The molecule has 1 unspecified atom stereocenters. The van der Waals surface area contributed by atoms with Gasteiger partial charge in [-0.25, -0.2) is 0 Å². The average molecular weight is 339 g/mol. The Morgan fingerprint density at radius 1 is 1.16 bits per heavy atom. The molecule has 0 nitrogen and oxygen atoms in total. The van der Waals surface area contributed by atoms with Gasteiger partial charge in [0.2, 0.25) is 0 Å². The Labute approximate surface area is 129 Å². The smallest absolute Gasteiger partial charge is 0.0494 e. The summed E-state index contributed by atoms with van der Waals surface area (Å²) in [7, 11) is 0. The fraction of sp³-hybridized carbons (Fsp3) is 0.765. The van der Waals surface area contributed by atoms with Crippen LogP contribution < -0.4 is 0 Å². The summed E-state index contributed by atoms with van der Waals surface area (Å²) in [5, 5.41) is 0. The van der Waals surface area contributed by atoms with Crippen molar-refractivity contribution in [3.8, 4) is 0 Å². The second-order valence-electron chi connectivity index (χ2n) is 7.54. The van der Waals surface area contributed by atoms with Gasteiger partial charge >= 0.3 is 0 Å². The van der Waals surface area contributed by atoms with Crippen molar-refractivity contribution in [3.63, 3.8) is 0 Å². The minimum atomic E-state index is 0.599. The average Bonchev–Trinajstić information content (AvgIpc) is 2.73. The van der Waals surface area contributed by atoms with Gasteiger partial charge in [-0.15, -0.1) is 11.3 Å². The highest BCUT2D eigenvalue weighted by molar-refractivity contribution is 9.09. The van der Waals surface area contributed by atoms with Crippen LogP contribution in [0.15, 0.2) is 12.1 Å². The van der Waals surface area contributed by atoms with Crippen molar-refractivity contribution in [1.82, 2.24) is 0 Å². The standard InChI is InChI=1S/C17H23BrS/c1-11-2-3-16(19-11)15(18)10-17-7-12-4-13(8-17)6-14(5-12)9-17/h2-3,12-15H,4-10H2,1H3. The Kier molecular flexibility index (Phi) is 3.11. The molecule has 4 aliphatic rings. The lowest BCUT2D eigenvalue weighted by Gasteiger charge is -2.57. The molecule has 0 aliphatic heterocycles. The first-order valence-corrected chi connectivity index (χ1v) is 9.55. The SMILES string of the molecule is Cc1ccc(C(Br)CC23CC4CC(CC(C4)C2)C3)s1. The molecule has 4 saturated carbocycles. The molecule has 0 aromatic carbocycles. The number of hydrogen-bond donors (Lipinski definition) is 0. The second-order valence-corrected chi connectivity index (χ2v) is 9.96. The zero-order valence-corrected chi connectivity index (χ0v) is 14.1. The zero-order valence-electron chi connectivity index (χ0n) is 11.7. The molecule has 1 aromatic heterocycles. The van der Waals surface area contributed by atoms with Crippen molar-refractivity contribution in [2.45, 2.75) is 56.7 Å². The van der Waals surface area contributed by atoms with Crippen LogP contribution in [0.3, 0.4) is 0 Å². The summed E-state index contributed by atoms with van der Waals surface area (Å²) in [5.41, 5.74) is 0.695. The van der Waals surface area contributed by atoms with Crippen LogP contribution in [-0.2, 0) is 0 Å². The molecule has 5 rings (SSSR count). The first kappa shape index (κ1) is 12.9. The molecule has 0 radical (unpaired) electrons. The zero-order chi connectivity index (χ0) is 13.0. The van der Waals surface area contributed by atoms with Crippen molar-refractivity contribution in [3.05, 3.63) is 21.9 Å². The lowest BCUT2D eigenvalue weighted by Crippen LogP contribution is -2.46. The van der Waals surface area contributed by atoms with E-state index in [1.807, 2.05) is 11.3 Å². The van der Waals surface area contributed by atoms with Crippen molar-refractivity contribution in [2.75, 3.05) is 0 Å². The van der Waals surface area contributed by atoms with Crippen molar-refractivity contribution >= 4 is 27.3 Å². The monoisotopic (exact) mass is 338 g/mol. The minimum Gasteiger partial charge on any atom is -0.145 e. The third-order valence-electron chi connectivity index (χ3n) is 5.85. The van der Waals surface area contributed by atoms with E-state index < -0.39 is 0 Å². The summed E-state index contributed by atoms with van der Waals surface area (Å²) in [6.45, 7) is 2.22. The van der Waals surface area contributed by atoms with E-state index in [9.17, 15) is 0 Å². The van der Waals surface area contributed by atoms with Crippen LogP contribution in [0.2, 0.25) is 0 Å². The lowest BCUT2D eigenvalue weighted by molar-refractivity contribution is -0.0570. The molecule has 1 atom stereocenters. The fourth-order valence-corrected chi connectivity index (χ4v) is 7.62. The van der Waals surface area contributed by atoms with E-state index in [-0.39, 0.29) is 0 Å². The maximum absolute atomic E-state index is 4.00. The van der Waals surface area contributed by atoms with E-state index in [2.05, 4.69) is 35.0 Å². The maximum Gasteiger partial charge on any atom is 0.0494 e. The van der Waals surface area contributed by atoms with E-state index in [1.54, 1.807) is 24.1 Å². The first-order valence-electron chi connectivity index (χ1n) is 7.82. The van der Waals surface area contributed by atoms with Crippen LogP contribution in [0.5, 0.6) is 0 Å². The molecule has 1 heterocycles. The van der Waals surface area contributed by atoms with Gasteiger partial charge in [-0.05, 0) is 87.2 Å². The normalized spacial score (nSPS) is 41.7. The third-order valence-corrected chi connectivity index (χ3v) is 8.08. The molecule has 1 aromatic rings. The molecule has 0 amide bonds. The molecule has 104 valence electrons. The summed E-state index contributed by atoms with van der Waals surface area (Å²) in [5.74, 6) is 3.24. The number of alkyl halides is 1. The van der Waals surface area contributed by atoms with Gasteiger partial charge in [0.1, 0.15) is 0 Å². The molecular weight excluding hydrogens is 316 g/mol. The number of aryl methyl sites for hydroxylation is 1. The quantitative estimate of drug-likeness (QED) is 0.584. The molecule has 0 spiro atoms. The molecule has 4 aliphatic carbocycles. The first-order chi connectivity index (χ1) is 9.12. The number of hydrogen-bond acceptors (Lipinski definition) is 1. The molecule has 2 heteroatoms. The van der Waals surface area contributed by atoms with E-state index in [0.29, 0.717) is 10.2 Å². The van der Waals surface area contributed by atoms with Crippen molar-refractivity contribution < 1.29 is 0 Å². The topological polar surface area (TPSA) is 0 Å². The number of halogens is 1. The Balaban J connectivity index is 1.53. The molecule has 4 fully saturated rings. The summed E-state index contributed by atoms with van der Waals surface area (Å²) in [4.78, 5) is 3.60. The Morgan fingerprint density at radius 3 is 2.21 bits per heavy atom. The Hall–Kier alpha value is 0.180. The summed E-state index contributed by atoms with van der Waals surface area (Å²) < 4.78 is 0. The second kappa shape index (κ2) is 4.59. The fourth-order valence-electron chi connectivity index (χ4n) is 5.64. The predicted octanol–water partition coefficient (Wildman–Crippen LogP) is 6.10. The van der Waals surface area contributed by atoms with Crippen molar-refractivity contribution in [1.29, 1.82) is 0 Å². The van der Waals surface area contributed by atoms with E-state index in [0.717, 1.165) is 17.8 Å². The summed E-state index contributed by atoms with van der Waals surface area (Å²) in [6.07, 6.45) is 10.7. The maximum atomic E-state index is 4.00. The van der Waals surface area contributed by atoms with Gasteiger partial charge in [0.05, 0.1) is 0 Å². The van der Waals surface area contributed by atoms with Crippen LogP contribution >= 0.6 is 27.3 Å². The predicted molar refractivity (Wildman–Crippen MR) is 85.9 cm³/mol. The summed E-state index contributed by atoms with van der Waals surface area (Å²) >= 11 is 5.98. The van der Waals surface area contributed by atoms with E-state index in [1.165, 1.54) is 30.6 Å². The molecule has 4 bridgehead atoms. The largest absolute Gasteiger partial charge is 0.145 e. The highest BCUT2D eigenvalue weighted by Crippen LogP contribution is 2.63. The van der Waals surface area contributed by atoms with Crippen LogP contribution in [0.1, 0.15) is 59.5 Å². The Morgan fingerprint density at radius 2 is 1.74 bits per heavy atom. The lowest BCUT2D eigenvalue weighted by atomic mass is 9.48. The molecule has 0 saturated heterocycles. The molecular formula is C17H23BrS. The van der Waals surface area contributed by atoms with Gasteiger partial charge in [-0.1, -0.05) is 15.9 Å². The van der Waals surface area contributed by atoms with E-state index in [4.69, 9.17) is 0 Å². The third kappa shape index (κ3) is 2.33. The molecule has 0 N–H and O–H groups in total. The van der Waals surface area contributed by atoms with Gasteiger partial charge in [0, 0.05) is 14.6 Å². The summed E-state index contributed by atoms with van der Waals surface area (Å²) in [6, 6.07) is 4.61. The van der Waals surface area contributed by atoms with Crippen LogP contribution in [0.25, 0.3) is 0 Å². The van der Waals surface area contributed by atoms with E-state index >= 15 is 0 Å². The van der Waals surface area contributed by atoms with Gasteiger partial charge in [0.25, 0.3) is 0 Å².